The van der Waals surface area contributed by atoms with Crippen molar-refractivity contribution in [3.8, 4) is 0 Å². The standard InChI is InChI=1S/C19H25F2N3O4S/c1-19(2,3)28-17(25)22-10-13-11-24(18(26)27-13)12-8-14(20)16(15(21)9-12)23-4-6-29-7-5-23/h8-9,13H,4-7,10-11H2,1-3H3,(H,22,25)/t13-/m0/s1. The van der Waals surface area contributed by atoms with Gasteiger partial charge in [0, 0.05) is 36.7 Å². The summed E-state index contributed by atoms with van der Waals surface area (Å²) >= 11 is 1.74. The molecule has 0 saturated carbocycles. The van der Waals surface area contributed by atoms with Gasteiger partial charge in [0.15, 0.2) is 11.6 Å². The van der Waals surface area contributed by atoms with Crippen molar-refractivity contribution in [2.45, 2.75) is 32.5 Å². The summed E-state index contributed by atoms with van der Waals surface area (Å²) in [6.45, 7) is 6.45. The number of nitrogens with zero attached hydrogens (tertiary/aromatic N) is 2. The Morgan fingerprint density at radius 1 is 1.28 bits per heavy atom. The van der Waals surface area contributed by atoms with Gasteiger partial charge in [-0.1, -0.05) is 0 Å². The number of benzene rings is 1. The smallest absolute Gasteiger partial charge is 0.414 e. The molecule has 1 aromatic carbocycles. The van der Waals surface area contributed by atoms with Gasteiger partial charge in [0.1, 0.15) is 17.4 Å². The number of amides is 2. The van der Waals surface area contributed by atoms with E-state index in [0.29, 0.717) is 13.1 Å². The van der Waals surface area contributed by atoms with Crippen LogP contribution in [0.25, 0.3) is 0 Å². The van der Waals surface area contributed by atoms with E-state index in [1.54, 1.807) is 37.4 Å². The average molecular weight is 429 g/mol. The number of anilines is 2. The Morgan fingerprint density at radius 2 is 1.90 bits per heavy atom. The molecule has 0 aromatic heterocycles. The molecule has 3 rings (SSSR count). The SMILES string of the molecule is CC(C)(C)OC(=O)NC[C@H]1CN(c2cc(F)c(N3CCSCC3)c(F)c2)C(=O)O1. The molecule has 0 bridgehead atoms. The summed E-state index contributed by atoms with van der Waals surface area (Å²) in [4.78, 5) is 26.7. The lowest BCUT2D eigenvalue weighted by atomic mass is 10.2. The van der Waals surface area contributed by atoms with E-state index in [1.807, 2.05) is 0 Å². The third-order valence-corrected chi connectivity index (χ3v) is 5.33. The van der Waals surface area contributed by atoms with Crippen molar-refractivity contribution >= 4 is 35.3 Å². The molecule has 1 N–H and O–H groups in total. The highest BCUT2D eigenvalue weighted by molar-refractivity contribution is 7.99. The Hall–Kier alpha value is -2.23. The Bertz CT molecular complexity index is 758. The predicted octanol–water partition coefficient (Wildman–Crippen LogP) is 3.37. The van der Waals surface area contributed by atoms with Gasteiger partial charge in [-0.15, -0.1) is 0 Å². The van der Waals surface area contributed by atoms with E-state index in [1.165, 1.54) is 0 Å². The molecule has 2 fully saturated rings. The highest BCUT2D eigenvalue weighted by Crippen LogP contribution is 2.32. The number of alkyl carbamates (subject to hydrolysis) is 1. The van der Waals surface area contributed by atoms with Crippen molar-refractivity contribution < 1.29 is 27.8 Å². The number of cyclic esters (lactones) is 1. The van der Waals surface area contributed by atoms with Gasteiger partial charge in [0.2, 0.25) is 0 Å². The molecule has 10 heteroatoms. The maximum Gasteiger partial charge on any atom is 0.414 e. The second kappa shape index (κ2) is 8.64. The Labute approximate surface area is 172 Å². The molecular formula is C19H25F2N3O4S. The first-order chi connectivity index (χ1) is 13.6. The lowest BCUT2D eigenvalue weighted by Crippen LogP contribution is -2.38. The molecule has 2 heterocycles. The number of nitrogens with one attached hydrogen (secondary N) is 1. The minimum atomic E-state index is -0.720. The largest absolute Gasteiger partial charge is 0.444 e. The third kappa shape index (κ3) is 5.43. The molecule has 160 valence electrons. The second-order valence-corrected chi connectivity index (χ2v) is 9.08. The van der Waals surface area contributed by atoms with Crippen LogP contribution in [-0.2, 0) is 9.47 Å². The minimum absolute atomic E-state index is 0.0334. The summed E-state index contributed by atoms with van der Waals surface area (Å²) in [5, 5.41) is 2.53. The molecule has 7 nitrogen and oxygen atoms in total. The molecular weight excluding hydrogens is 404 g/mol. The van der Waals surface area contributed by atoms with Gasteiger partial charge < -0.3 is 19.7 Å². The van der Waals surface area contributed by atoms with Crippen molar-refractivity contribution in [2.24, 2.45) is 0 Å². The molecule has 1 atom stereocenters. The number of halogens is 2. The topological polar surface area (TPSA) is 71.1 Å². The van der Waals surface area contributed by atoms with Crippen molar-refractivity contribution in [3.63, 3.8) is 0 Å². The predicted molar refractivity (Wildman–Crippen MR) is 108 cm³/mol. The summed E-state index contributed by atoms with van der Waals surface area (Å²) < 4.78 is 39.6. The second-order valence-electron chi connectivity index (χ2n) is 7.86. The first-order valence-corrected chi connectivity index (χ1v) is 10.6. The van der Waals surface area contributed by atoms with Crippen LogP contribution in [0.4, 0.5) is 29.7 Å². The molecule has 2 saturated heterocycles. The Morgan fingerprint density at radius 3 is 2.48 bits per heavy atom. The van der Waals surface area contributed by atoms with Gasteiger partial charge in [-0.25, -0.2) is 18.4 Å². The van der Waals surface area contributed by atoms with Crippen LogP contribution in [0.15, 0.2) is 12.1 Å². The van der Waals surface area contributed by atoms with Gasteiger partial charge in [0.05, 0.1) is 18.8 Å². The quantitative estimate of drug-likeness (QED) is 0.792. The number of carbonyl (C=O) groups is 2. The van der Waals surface area contributed by atoms with Gasteiger partial charge in [0.25, 0.3) is 0 Å². The zero-order valence-electron chi connectivity index (χ0n) is 16.7. The van der Waals surface area contributed by atoms with E-state index in [-0.39, 0.29) is 24.5 Å². The zero-order chi connectivity index (χ0) is 21.2. The fourth-order valence-electron chi connectivity index (χ4n) is 3.15. The molecule has 29 heavy (non-hydrogen) atoms. The van der Waals surface area contributed by atoms with Crippen molar-refractivity contribution in [1.82, 2.24) is 5.32 Å². The molecule has 2 aliphatic rings. The lowest BCUT2D eigenvalue weighted by Gasteiger charge is -2.29. The zero-order valence-corrected chi connectivity index (χ0v) is 17.5. The maximum atomic E-state index is 14.6. The first kappa shape index (κ1) is 21.5. The monoisotopic (exact) mass is 429 g/mol. The summed E-state index contributed by atoms with van der Waals surface area (Å²) in [5.41, 5.74) is -0.628. The van der Waals surface area contributed by atoms with E-state index < -0.39 is 35.5 Å². The van der Waals surface area contributed by atoms with Crippen LogP contribution in [0, 0.1) is 11.6 Å². The summed E-state index contributed by atoms with van der Waals surface area (Å²) in [7, 11) is 0. The van der Waals surface area contributed by atoms with Crippen LogP contribution < -0.4 is 15.1 Å². The van der Waals surface area contributed by atoms with E-state index in [2.05, 4.69) is 5.32 Å². The van der Waals surface area contributed by atoms with Crippen molar-refractivity contribution in [2.75, 3.05) is 47.5 Å². The molecule has 0 aliphatic carbocycles. The van der Waals surface area contributed by atoms with Crippen molar-refractivity contribution in [3.05, 3.63) is 23.8 Å². The normalized spacial score (nSPS) is 19.9. The van der Waals surface area contributed by atoms with Gasteiger partial charge in [-0.05, 0) is 20.8 Å². The molecule has 0 radical (unpaired) electrons. The molecule has 2 aliphatic heterocycles. The van der Waals surface area contributed by atoms with Crippen LogP contribution in [0.3, 0.4) is 0 Å². The van der Waals surface area contributed by atoms with E-state index in [9.17, 15) is 18.4 Å². The fraction of sp³-hybridized carbons (Fsp3) is 0.579. The summed E-state index contributed by atoms with van der Waals surface area (Å²) in [5.74, 6) is 0.196. The summed E-state index contributed by atoms with van der Waals surface area (Å²) in [6, 6.07) is 2.29. The number of hydrogen-bond donors (Lipinski definition) is 1. The van der Waals surface area contributed by atoms with Gasteiger partial charge in [-0.3, -0.25) is 4.90 Å². The fourth-order valence-corrected chi connectivity index (χ4v) is 4.05. The number of rotatable bonds is 4. The molecule has 2 amide bonds. The minimum Gasteiger partial charge on any atom is -0.444 e. The number of carbonyl (C=O) groups excluding carboxylic acids is 2. The van der Waals surface area contributed by atoms with E-state index >= 15 is 0 Å². The van der Waals surface area contributed by atoms with Crippen LogP contribution in [0.1, 0.15) is 20.8 Å². The Kier molecular flexibility index (Phi) is 6.40. The third-order valence-electron chi connectivity index (χ3n) is 4.39. The molecule has 0 spiro atoms. The summed E-state index contributed by atoms with van der Waals surface area (Å²) in [6.07, 6.45) is -2.00. The van der Waals surface area contributed by atoms with Gasteiger partial charge >= 0.3 is 12.2 Å². The molecule has 1 aromatic rings. The van der Waals surface area contributed by atoms with Crippen LogP contribution >= 0.6 is 11.8 Å². The number of ether oxygens (including phenoxy) is 2. The lowest BCUT2D eigenvalue weighted by molar-refractivity contribution is 0.0496. The van der Waals surface area contributed by atoms with Crippen LogP contribution in [0.5, 0.6) is 0 Å². The van der Waals surface area contributed by atoms with Crippen LogP contribution in [0.2, 0.25) is 0 Å². The van der Waals surface area contributed by atoms with Gasteiger partial charge in [-0.2, -0.15) is 11.8 Å². The van der Waals surface area contributed by atoms with Crippen molar-refractivity contribution in [1.29, 1.82) is 0 Å². The first-order valence-electron chi connectivity index (χ1n) is 9.41. The maximum absolute atomic E-state index is 14.6. The number of thioether (sulfide) groups is 1. The van der Waals surface area contributed by atoms with Crippen LogP contribution in [-0.4, -0.2) is 61.6 Å². The highest BCUT2D eigenvalue weighted by atomic mass is 32.2. The van der Waals surface area contributed by atoms with E-state index in [0.717, 1.165) is 28.5 Å². The number of hydrogen-bond acceptors (Lipinski definition) is 6. The van der Waals surface area contributed by atoms with E-state index in [4.69, 9.17) is 9.47 Å². The average Bonchev–Trinajstić information content (AvgIpc) is 3.00. The Balaban J connectivity index is 1.65. The molecule has 0 unspecified atom stereocenters. The highest BCUT2D eigenvalue weighted by Gasteiger charge is 2.34.